The topological polar surface area (TPSA) is 85.2 Å². The Labute approximate surface area is 124 Å². The normalized spacial score (nSPS) is 16.1. The van der Waals surface area contributed by atoms with Gasteiger partial charge in [0.15, 0.2) is 5.67 Å². The highest BCUT2D eigenvalue weighted by Gasteiger charge is 2.43. The molecule has 2 aromatic rings. The number of benzene rings is 1. The van der Waals surface area contributed by atoms with E-state index in [0.29, 0.717) is 11.1 Å². The Morgan fingerprint density at radius 1 is 1.36 bits per heavy atom. The van der Waals surface area contributed by atoms with E-state index in [9.17, 15) is 19.3 Å². The Morgan fingerprint density at radius 2 is 2.09 bits per heavy atom. The van der Waals surface area contributed by atoms with Gasteiger partial charge in [0.1, 0.15) is 0 Å². The second kappa shape index (κ2) is 5.03. The van der Waals surface area contributed by atoms with Crippen LogP contribution in [0.5, 0.6) is 0 Å². The van der Waals surface area contributed by atoms with Crippen molar-refractivity contribution in [2.75, 3.05) is 13.2 Å². The highest BCUT2D eigenvalue weighted by atomic mass is 19.1. The highest BCUT2D eigenvalue weighted by Crippen LogP contribution is 2.34. The lowest BCUT2D eigenvalue weighted by Crippen LogP contribution is -2.46. The predicted octanol–water partition coefficient (Wildman–Crippen LogP) is 2.45. The third-order valence-electron chi connectivity index (χ3n) is 3.79. The molecule has 1 aliphatic heterocycles. The number of aromatic amines is 1. The number of ether oxygens (including phenoxy) is 1. The fourth-order valence-electron chi connectivity index (χ4n) is 2.44. The van der Waals surface area contributed by atoms with E-state index in [4.69, 9.17) is 4.74 Å². The molecule has 0 aliphatic carbocycles. The predicted molar refractivity (Wildman–Crippen MR) is 77.5 cm³/mol. The molecular weight excluding hydrogens is 291 g/mol. The van der Waals surface area contributed by atoms with E-state index in [1.807, 2.05) is 0 Å². The van der Waals surface area contributed by atoms with E-state index in [0.717, 1.165) is 5.56 Å². The number of aromatic nitrogens is 1. The second-order valence-corrected chi connectivity index (χ2v) is 5.35. The summed E-state index contributed by atoms with van der Waals surface area (Å²) in [5, 5.41) is 10.9. The van der Waals surface area contributed by atoms with Crippen LogP contribution < -0.4 is 5.56 Å². The first-order valence-corrected chi connectivity index (χ1v) is 6.66. The number of hydrogen-bond donors (Lipinski definition) is 1. The van der Waals surface area contributed by atoms with Crippen LogP contribution in [-0.4, -0.2) is 23.1 Å². The zero-order valence-corrected chi connectivity index (χ0v) is 11.8. The number of nitro benzene ring substituents is 1. The van der Waals surface area contributed by atoms with Gasteiger partial charge in [-0.05, 0) is 29.7 Å². The van der Waals surface area contributed by atoms with Crippen molar-refractivity contribution in [3.05, 3.63) is 62.1 Å². The summed E-state index contributed by atoms with van der Waals surface area (Å²) >= 11 is 0. The van der Waals surface area contributed by atoms with Crippen LogP contribution >= 0.6 is 0 Å². The van der Waals surface area contributed by atoms with Gasteiger partial charge in [-0.15, -0.1) is 0 Å². The van der Waals surface area contributed by atoms with E-state index >= 15 is 0 Å². The first-order chi connectivity index (χ1) is 10.4. The fraction of sp³-hybridized carbons (Fsp3) is 0.267. The summed E-state index contributed by atoms with van der Waals surface area (Å²) in [5.74, 6) is 0. The van der Waals surface area contributed by atoms with E-state index in [1.54, 1.807) is 13.0 Å². The van der Waals surface area contributed by atoms with Crippen LogP contribution in [-0.2, 0) is 10.4 Å². The number of halogens is 1. The number of rotatable bonds is 3. The first-order valence-electron chi connectivity index (χ1n) is 6.66. The number of nitro groups is 1. The molecule has 2 heterocycles. The third kappa shape index (κ3) is 2.29. The molecule has 1 fully saturated rings. The molecule has 22 heavy (non-hydrogen) atoms. The Kier molecular flexibility index (Phi) is 3.29. The van der Waals surface area contributed by atoms with Crippen molar-refractivity contribution in [2.45, 2.75) is 12.6 Å². The van der Waals surface area contributed by atoms with E-state index in [2.05, 4.69) is 4.98 Å². The van der Waals surface area contributed by atoms with Gasteiger partial charge in [-0.3, -0.25) is 14.9 Å². The quantitative estimate of drug-likeness (QED) is 0.697. The molecule has 0 bridgehead atoms. The minimum atomic E-state index is -1.79. The van der Waals surface area contributed by atoms with Gasteiger partial charge in [0.25, 0.3) is 11.2 Å². The summed E-state index contributed by atoms with van der Waals surface area (Å²) in [7, 11) is 0. The summed E-state index contributed by atoms with van der Waals surface area (Å²) in [6, 6.07) is 5.88. The molecule has 0 unspecified atom stereocenters. The van der Waals surface area contributed by atoms with Gasteiger partial charge in [-0.25, -0.2) is 4.39 Å². The number of aryl methyl sites for hydroxylation is 1. The Balaban J connectivity index is 2.13. The molecule has 1 aromatic heterocycles. The minimum absolute atomic E-state index is 0.0119. The monoisotopic (exact) mass is 304 g/mol. The van der Waals surface area contributed by atoms with Crippen LogP contribution in [0.15, 0.2) is 35.3 Å². The van der Waals surface area contributed by atoms with Crippen molar-refractivity contribution in [2.24, 2.45) is 0 Å². The van der Waals surface area contributed by atoms with Crippen LogP contribution in [0, 0.1) is 17.0 Å². The molecule has 0 spiro atoms. The molecule has 6 nitrogen and oxygen atoms in total. The van der Waals surface area contributed by atoms with E-state index < -0.39 is 16.2 Å². The van der Waals surface area contributed by atoms with Gasteiger partial charge in [-0.1, -0.05) is 6.07 Å². The maximum atomic E-state index is 14.4. The van der Waals surface area contributed by atoms with Gasteiger partial charge in [0, 0.05) is 18.3 Å². The standard InChI is InChI=1S/C15H13FN2O4/c1-9-2-3-11(18(20)21)5-12(9)10-4-13(14(19)17-6-10)15(16)7-22-8-15/h2-6H,7-8H2,1H3,(H,17,19). The molecule has 1 N–H and O–H groups in total. The maximum Gasteiger partial charge on any atom is 0.270 e. The molecule has 1 saturated heterocycles. The van der Waals surface area contributed by atoms with Crippen molar-refractivity contribution in [3.63, 3.8) is 0 Å². The number of pyridine rings is 1. The van der Waals surface area contributed by atoms with Crippen molar-refractivity contribution >= 4 is 5.69 Å². The van der Waals surface area contributed by atoms with Crippen molar-refractivity contribution in [1.82, 2.24) is 4.98 Å². The van der Waals surface area contributed by atoms with Gasteiger partial charge in [0.2, 0.25) is 0 Å². The molecule has 1 aliphatic rings. The van der Waals surface area contributed by atoms with Crippen LogP contribution in [0.25, 0.3) is 11.1 Å². The average molecular weight is 304 g/mol. The van der Waals surface area contributed by atoms with Crippen LogP contribution in [0.2, 0.25) is 0 Å². The van der Waals surface area contributed by atoms with Gasteiger partial charge in [-0.2, -0.15) is 0 Å². The third-order valence-corrected chi connectivity index (χ3v) is 3.79. The van der Waals surface area contributed by atoms with Gasteiger partial charge in [0.05, 0.1) is 23.7 Å². The van der Waals surface area contributed by atoms with Gasteiger partial charge >= 0.3 is 0 Å². The lowest BCUT2D eigenvalue weighted by atomic mass is 9.92. The summed E-state index contributed by atoms with van der Waals surface area (Å²) < 4.78 is 19.3. The molecule has 0 saturated carbocycles. The second-order valence-electron chi connectivity index (χ2n) is 5.35. The fourth-order valence-corrected chi connectivity index (χ4v) is 2.44. The van der Waals surface area contributed by atoms with Crippen molar-refractivity contribution < 1.29 is 14.1 Å². The van der Waals surface area contributed by atoms with Crippen LogP contribution in [0.3, 0.4) is 0 Å². The summed E-state index contributed by atoms with van der Waals surface area (Å²) in [6.07, 6.45) is 1.43. The molecule has 114 valence electrons. The lowest BCUT2D eigenvalue weighted by Gasteiger charge is -2.33. The summed E-state index contributed by atoms with van der Waals surface area (Å²) in [4.78, 5) is 24.7. The first kappa shape index (κ1) is 14.4. The van der Waals surface area contributed by atoms with Crippen LogP contribution in [0.1, 0.15) is 11.1 Å². The smallest absolute Gasteiger partial charge is 0.270 e. The summed E-state index contributed by atoms with van der Waals surface area (Å²) in [6.45, 7) is 1.47. The molecular formula is C15H13FN2O4. The van der Waals surface area contributed by atoms with E-state index in [-0.39, 0.29) is 24.5 Å². The minimum Gasteiger partial charge on any atom is -0.374 e. The number of nitrogens with one attached hydrogen (secondary N) is 1. The largest absolute Gasteiger partial charge is 0.374 e. The van der Waals surface area contributed by atoms with E-state index in [1.165, 1.54) is 24.4 Å². The van der Waals surface area contributed by atoms with Crippen molar-refractivity contribution in [3.8, 4) is 11.1 Å². The zero-order chi connectivity index (χ0) is 15.9. The molecule has 0 radical (unpaired) electrons. The Bertz CT molecular complexity index is 811. The number of alkyl halides is 1. The number of nitrogens with zero attached hydrogens (tertiary/aromatic N) is 1. The molecule has 0 atom stereocenters. The maximum absolute atomic E-state index is 14.4. The number of H-pyrrole nitrogens is 1. The lowest BCUT2D eigenvalue weighted by molar-refractivity contribution is -0.384. The molecule has 0 amide bonds. The molecule has 1 aromatic carbocycles. The van der Waals surface area contributed by atoms with Gasteiger partial charge < -0.3 is 9.72 Å². The number of hydrogen-bond acceptors (Lipinski definition) is 4. The van der Waals surface area contributed by atoms with Crippen molar-refractivity contribution in [1.29, 1.82) is 0 Å². The molecule has 7 heteroatoms. The number of non-ortho nitro benzene ring substituents is 1. The zero-order valence-electron chi connectivity index (χ0n) is 11.8. The average Bonchev–Trinajstić information content (AvgIpc) is 2.46. The summed E-state index contributed by atoms with van der Waals surface area (Å²) in [5.41, 5.74) is -0.482. The highest BCUT2D eigenvalue weighted by molar-refractivity contribution is 5.69. The van der Waals surface area contributed by atoms with Crippen LogP contribution in [0.4, 0.5) is 10.1 Å². The Morgan fingerprint density at radius 3 is 2.68 bits per heavy atom. The Hall–Kier alpha value is -2.54. The molecule has 3 rings (SSSR count). The SMILES string of the molecule is Cc1ccc([N+](=O)[O-])cc1-c1c[nH]c(=O)c(C2(F)COC2)c1.